The SMILES string of the molecule is C=CC(=O)O.[CsH]. The molecule has 0 aliphatic heterocycles. The summed E-state index contributed by atoms with van der Waals surface area (Å²) in [5.41, 5.74) is 0. The van der Waals surface area contributed by atoms with Crippen molar-refractivity contribution >= 4 is 74.9 Å². The van der Waals surface area contributed by atoms with Gasteiger partial charge in [-0.2, -0.15) is 0 Å². The van der Waals surface area contributed by atoms with E-state index in [1.165, 1.54) is 0 Å². The summed E-state index contributed by atoms with van der Waals surface area (Å²) in [6, 6.07) is 0. The summed E-state index contributed by atoms with van der Waals surface area (Å²) in [6.07, 6.45) is 0.833. The summed E-state index contributed by atoms with van der Waals surface area (Å²) >= 11 is 0. The first-order chi connectivity index (χ1) is 2.27. The van der Waals surface area contributed by atoms with Crippen molar-refractivity contribution in [1.82, 2.24) is 0 Å². The first-order valence-corrected chi connectivity index (χ1v) is 1.12. The van der Waals surface area contributed by atoms with E-state index in [2.05, 4.69) is 6.58 Å². The van der Waals surface area contributed by atoms with E-state index in [9.17, 15) is 4.79 Å². The van der Waals surface area contributed by atoms with Crippen molar-refractivity contribution in [1.29, 1.82) is 0 Å². The predicted octanol–water partition coefficient (Wildman–Crippen LogP) is -0.392. The molecule has 0 atom stereocenters. The van der Waals surface area contributed by atoms with Crippen molar-refractivity contribution in [3.05, 3.63) is 12.7 Å². The van der Waals surface area contributed by atoms with Crippen molar-refractivity contribution in [2.45, 2.75) is 0 Å². The molecule has 0 aliphatic carbocycles. The average molecular weight is 206 g/mol. The van der Waals surface area contributed by atoms with Crippen LogP contribution in [-0.2, 0) is 4.79 Å². The van der Waals surface area contributed by atoms with E-state index in [4.69, 9.17) is 5.11 Å². The summed E-state index contributed by atoms with van der Waals surface area (Å²) < 4.78 is 0. The molecule has 0 rings (SSSR count). The Labute approximate surface area is 95.0 Å². The zero-order chi connectivity index (χ0) is 4.28. The second-order valence-electron chi connectivity index (χ2n) is 0.542. The molecule has 0 radical (unpaired) electrons. The average Bonchev–Trinajstić information content (AvgIpc) is 1.38. The van der Waals surface area contributed by atoms with Crippen LogP contribution >= 0.6 is 0 Å². The number of carboxylic acids is 1. The first kappa shape index (κ1) is 10.3. The van der Waals surface area contributed by atoms with Crippen LogP contribution in [0, 0.1) is 0 Å². The van der Waals surface area contributed by atoms with Crippen LogP contribution in [-0.4, -0.2) is 80.0 Å². The first-order valence-electron chi connectivity index (χ1n) is 1.12. The quantitative estimate of drug-likeness (QED) is 0.593. The van der Waals surface area contributed by atoms with Crippen LogP contribution in [0.1, 0.15) is 0 Å². The van der Waals surface area contributed by atoms with Gasteiger partial charge in [-0.05, 0) is 0 Å². The zero-order valence-electron chi connectivity index (χ0n) is 2.64. The molecule has 6 heavy (non-hydrogen) atoms. The van der Waals surface area contributed by atoms with Gasteiger partial charge in [-0.25, -0.2) is 4.79 Å². The van der Waals surface area contributed by atoms with E-state index < -0.39 is 5.97 Å². The molecule has 0 heterocycles. The second kappa shape index (κ2) is 6.26. The molecule has 1 N–H and O–H groups in total. The molecule has 0 saturated heterocycles. The van der Waals surface area contributed by atoms with Gasteiger partial charge in [0.05, 0.1) is 0 Å². The Morgan fingerprint density at radius 2 is 2.00 bits per heavy atom. The van der Waals surface area contributed by atoms with E-state index in [1.54, 1.807) is 0 Å². The number of hydrogen-bond donors (Lipinski definition) is 1. The second-order valence-corrected chi connectivity index (χ2v) is 0.542. The van der Waals surface area contributed by atoms with E-state index in [-0.39, 0.29) is 68.9 Å². The molecule has 0 saturated carbocycles. The van der Waals surface area contributed by atoms with Crippen LogP contribution in [0.25, 0.3) is 0 Å². The van der Waals surface area contributed by atoms with Gasteiger partial charge in [0.2, 0.25) is 0 Å². The van der Waals surface area contributed by atoms with Crippen molar-refractivity contribution in [2.75, 3.05) is 0 Å². The fourth-order valence-electron chi connectivity index (χ4n) is 0. The molecule has 0 unspecified atom stereocenters. The van der Waals surface area contributed by atoms with Gasteiger partial charge in [0.1, 0.15) is 0 Å². The van der Waals surface area contributed by atoms with Crippen LogP contribution in [0.4, 0.5) is 0 Å². The third kappa shape index (κ3) is 8.98. The number of aliphatic carboxylic acids is 1. The molecule has 30 valence electrons. The Morgan fingerprint density at radius 3 is 2.00 bits per heavy atom. The van der Waals surface area contributed by atoms with Crippen LogP contribution in [0.5, 0.6) is 0 Å². The van der Waals surface area contributed by atoms with Gasteiger partial charge in [-0.1, -0.05) is 6.58 Å². The van der Waals surface area contributed by atoms with Crippen molar-refractivity contribution in [3.8, 4) is 0 Å². The van der Waals surface area contributed by atoms with Crippen LogP contribution < -0.4 is 0 Å². The zero-order valence-corrected chi connectivity index (χ0v) is 2.64. The fourth-order valence-corrected chi connectivity index (χ4v) is 0. The molecule has 0 bridgehead atoms. The van der Waals surface area contributed by atoms with Crippen molar-refractivity contribution in [3.63, 3.8) is 0 Å². The minimum absolute atomic E-state index is 0. The summed E-state index contributed by atoms with van der Waals surface area (Å²) in [4.78, 5) is 9.25. The molecule has 0 aromatic heterocycles. The third-order valence-corrected chi connectivity index (χ3v) is 0.175. The third-order valence-electron chi connectivity index (χ3n) is 0.175. The number of carbonyl (C=O) groups is 1. The Hall–Kier alpha value is 1.26. The molecule has 0 aromatic rings. The Balaban J connectivity index is 0. The maximum atomic E-state index is 9.25. The molecular formula is C3H5CsO2. The van der Waals surface area contributed by atoms with E-state index in [1.807, 2.05) is 0 Å². The van der Waals surface area contributed by atoms with Crippen molar-refractivity contribution in [2.24, 2.45) is 0 Å². The maximum absolute atomic E-state index is 9.25. The van der Waals surface area contributed by atoms with Gasteiger partial charge >= 0.3 is 74.9 Å². The summed E-state index contributed by atoms with van der Waals surface area (Å²) in [5.74, 6) is -0.981. The summed E-state index contributed by atoms with van der Waals surface area (Å²) in [6.45, 7) is 2.96. The van der Waals surface area contributed by atoms with E-state index in [0.717, 1.165) is 6.08 Å². The van der Waals surface area contributed by atoms with Gasteiger partial charge in [0, 0.05) is 6.08 Å². The fraction of sp³-hybridized carbons (Fsp3) is 0. The molecular weight excluding hydrogens is 201 g/mol. The normalized spacial score (nSPS) is 5.33. The number of hydrogen-bond acceptors (Lipinski definition) is 1. The predicted molar refractivity (Wildman–Crippen MR) is 25.0 cm³/mol. The van der Waals surface area contributed by atoms with Gasteiger partial charge in [0.25, 0.3) is 0 Å². The summed E-state index contributed by atoms with van der Waals surface area (Å²) in [7, 11) is 0. The standard InChI is InChI=1S/C3H4O2.Cs.H/c1-2-3(4)5;;/h2H,1H2,(H,4,5);;. The molecule has 0 aromatic carbocycles. The van der Waals surface area contributed by atoms with E-state index >= 15 is 0 Å². The number of rotatable bonds is 1. The van der Waals surface area contributed by atoms with Gasteiger partial charge < -0.3 is 5.11 Å². The minimum atomic E-state index is -0.981. The molecule has 3 heteroatoms. The number of carboxylic acid groups (broad SMARTS) is 1. The van der Waals surface area contributed by atoms with Gasteiger partial charge in [-0.15, -0.1) is 0 Å². The molecule has 0 amide bonds. The molecule has 0 spiro atoms. The Morgan fingerprint density at radius 1 is 1.83 bits per heavy atom. The monoisotopic (exact) mass is 206 g/mol. The van der Waals surface area contributed by atoms with Gasteiger partial charge in [0.15, 0.2) is 0 Å². The van der Waals surface area contributed by atoms with Crippen LogP contribution in [0.3, 0.4) is 0 Å². The van der Waals surface area contributed by atoms with Crippen LogP contribution in [0.15, 0.2) is 12.7 Å². The molecule has 0 aliphatic rings. The summed E-state index contributed by atoms with van der Waals surface area (Å²) in [5, 5.41) is 7.60. The Kier molecular flexibility index (Phi) is 10.7. The molecule has 2 nitrogen and oxygen atoms in total. The van der Waals surface area contributed by atoms with Crippen LogP contribution in [0.2, 0.25) is 0 Å². The van der Waals surface area contributed by atoms with E-state index in [0.29, 0.717) is 0 Å². The van der Waals surface area contributed by atoms with Crippen molar-refractivity contribution < 1.29 is 9.90 Å². The van der Waals surface area contributed by atoms with Gasteiger partial charge in [-0.3, -0.25) is 0 Å². The molecule has 0 fully saturated rings. The topological polar surface area (TPSA) is 37.3 Å². The Bertz CT molecular complexity index is 59.8.